The molecule has 0 radical (unpaired) electrons. The second kappa shape index (κ2) is 7.42. The molecule has 90 valence electrons. The van der Waals surface area contributed by atoms with Crippen molar-refractivity contribution < 1.29 is 9.84 Å². The highest BCUT2D eigenvalue weighted by Crippen LogP contribution is 2.08. The smallest absolute Gasteiger partial charge is 0.0716 e. The van der Waals surface area contributed by atoms with Crippen LogP contribution >= 0.6 is 0 Å². The molecular formula is C14H22O2. The Balaban J connectivity index is 2.08. The number of benzene rings is 1. The lowest BCUT2D eigenvalue weighted by Crippen LogP contribution is -2.13. The fourth-order valence-electron chi connectivity index (χ4n) is 1.65. The van der Waals surface area contributed by atoms with E-state index in [-0.39, 0.29) is 6.10 Å². The number of aliphatic hydroxyl groups is 1. The Bertz CT molecular complexity index is 269. The molecule has 0 bridgehead atoms. The number of aliphatic hydroxyl groups excluding tert-OH is 1. The second-order valence-electron chi connectivity index (χ2n) is 4.61. The molecule has 2 heteroatoms. The van der Waals surface area contributed by atoms with Gasteiger partial charge in [0.15, 0.2) is 0 Å². The van der Waals surface area contributed by atoms with Crippen LogP contribution in [0.15, 0.2) is 30.3 Å². The van der Waals surface area contributed by atoms with Gasteiger partial charge in [0.2, 0.25) is 0 Å². The van der Waals surface area contributed by atoms with E-state index in [0.717, 1.165) is 12.8 Å². The van der Waals surface area contributed by atoms with Crippen molar-refractivity contribution in [2.75, 3.05) is 6.61 Å². The minimum absolute atomic E-state index is 0.226. The molecule has 1 atom stereocenters. The highest BCUT2D eigenvalue weighted by molar-refractivity contribution is 5.13. The molecule has 0 saturated heterocycles. The van der Waals surface area contributed by atoms with Gasteiger partial charge in [-0.2, -0.15) is 0 Å². The van der Waals surface area contributed by atoms with Crippen LogP contribution < -0.4 is 0 Å². The monoisotopic (exact) mass is 222 g/mol. The Morgan fingerprint density at radius 2 is 1.88 bits per heavy atom. The van der Waals surface area contributed by atoms with E-state index in [1.165, 1.54) is 5.56 Å². The number of hydrogen-bond acceptors (Lipinski definition) is 2. The van der Waals surface area contributed by atoms with Crippen molar-refractivity contribution in [2.45, 2.75) is 39.4 Å². The van der Waals surface area contributed by atoms with Crippen molar-refractivity contribution in [3.8, 4) is 0 Å². The Morgan fingerprint density at radius 1 is 1.19 bits per heavy atom. The van der Waals surface area contributed by atoms with Gasteiger partial charge in [-0.25, -0.2) is 0 Å². The van der Waals surface area contributed by atoms with E-state index in [1.807, 2.05) is 30.3 Å². The molecule has 2 nitrogen and oxygen atoms in total. The number of hydrogen-bond donors (Lipinski definition) is 1. The van der Waals surface area contributed by atoms with Crippen molar-refractivity contribution in [1.29, 1.82) is 0 Å². The van der Waals surface area contributed by atoms with Gasteiger partial charge < -0.3 is 9.84 Å². The molecular weight excluding hydrogens is 200 g/mol. The van der Waals surface area contributed by atoms with Crippen LogP contribution in [0.5, 0.6) is 0 Å². The molecule has 0 aliphatic carbocycles. The summed E-state index contributed by atoms with van der Waals surface area (Å²) in [6, 6.07) is 10.1. The summed E-state index contributed by atoms with van der Waals surface area (Å²) in [6.07, 6.45) is 1.36. The van der Waals surface area contributed by atoms with Crippen LogP contribution in [0, 0.1) is 5.92 Å². The summed E-state index contributed by atoms with van der Waals surface area (Å²) in [7, 11) is 0. The van der Waals surface area contributed by atoms with Gasteiger partial charge in [-0.1, -0.05) is 44.2 Å². The van der Waals surface area contributed by atoms with Crippen molar-refractivity contribution in [1.82, 2.24) is 0 Å². The van der Waals surface area contributed by atoms with Crippen LogP contribution in [0.3, 0.4) is 0 Å². The third-order valence-corrected chi connectivity index (χ3v) is 2.45. The van der Waals surface area contributed by atoms with E-state index >= 15 is 0 Å². The van der Waals surface area contributed by atoms with Crippen LogP contribution in [0.2, 0.25) is 0 Å². The SMILES string of the molecule is CC(C)CC(O)CCOCc1ccccc1. The summed E-state index contributed by atoms with van der Waals surface area (Å²) >= 11 is 0. The van der Waals surface area contributed by atoms with Crippen LogP contribution in [-0.4, -0.2) is 17.8 Å². The largest absolute Gasteiger partial charge is 0.393 e. The normalized spacial score (nSPS) is 13.0. The Hall–Kier alpha value is -0.860. The zero-order valence-corrected chi connectivity index (χ0v) is 10.2. The maximum absolute atomic E-state index is 9.64. The van der Waals surface area contributed by atoms with Gasteiger partial charge in [-0.15, -0.1) is 0 Å². The van der Waals surface area contributed by atoms with Gasteiger partial charge >= 0.3 is 0 Å². The highest BCUT2D eigenvalue weighted by Gasteiger charge is 2.06. The maximum Gasteiger partial charge on any atom is 0.0716 e. The summed E-state index contributed by atoms with van der Waals surface area (Å²) in [5.74, 6) is 0.545. The van der Waals surface area contributed by atoms with Gasteiger partial charge in [-0.3, -0.25) is 0 Å². The van der Waals surface area contributed by atoms with Crippen molar-refractivity contribution in [3.05, 3.63) is 35.9 Å². The Labute approximate surface area is 98.3 Å². The predicted octanol–water partition coefficient (Wildman–Crippen LogP) is 3.00. The number of rotatable bonds is 7. The Kier molecular flexibility index (Phi) is 6.12. The topological polar surface area (TPSA) is 29.5 Å². The lowest BCUT2D eigenvalue weighted by molar-refractivity contribution is 0.0648. The van der Waals surface area contributed by atoms with Gasteiger partial charge in [0, 0.05) is 6.61 Å². The fraction of sp³-hybridized carbons (Fsp3) is 0.571. The molecule has 16 heavy (non-hydrogen) atoms. The molecule has 1 unspecified atom stereocenters. The average Bonchev–Trinajstić information content (AvgIpc) is 2.25. The standard InChI is InChI=1S/C14H22O2/c1-12(2)10-14(15)8-9-16-11-13-6-4-3-5-7-13/h3-7,12,14-15H,8-11H2,1-2H3. The van der Waals surface area contributed by atoms with Crippen LogP contribution in [-0.2, 0) is 11.3 Å². The lowest BCUT2D eigenvalue weighted by atomic mass is 10.0. The quantitative estimate of drug-likeness (QED) is 0.719. The molecule has 1 N–H and O–H groups in total. The van der Waals surface area contributed by atoms with Crippen LogP contribution in [0.25, 0.3) is 0 Å². The lowest BCUT2D eigenvalue weighted by Gasteiger charge is -2.12. The first kappa shape index (κ1) is 13.2. The van der Waals surface area contributed by atoms with Crippen LogP contribution in [0.4, 0.5) is 0 Å². The highest BCUT2D eigenvalue weighted by atomic mass is 16.5. The molecule has 1 aromatic carbocycles. The zero-order valence-electron chi connectivity index (χ0n) is 10.2. The van der Waals surface area contributed by atoms with Gasteiger partial charge in [0.1, 0.15) is 0 Å². The van der Waals surface area contributed by atoms with E-state index < -0.39 is 0 Å². The first-order valence-corrected chi connectivity index (χ1v) is 5.98. The molecule has 0 fully saturated rings. The molecule has 0 aromatic heterocycles. The minimum Gasteiger partial charge on any atom is -0.393 e. The predicted molar refractivity (Wildman–Crippen MR) is 66.2 cm³/mol. The molecule has 1 rings (SSSR count). The molecule has 0 aliphatic rings. The Morgan fingerprint density at radius 3 is 2.50 bits per heavy atom. The molecule has 0 amide bonds. The van der Waals surface area contributed by atoms with E-state index in [2.05, 4.69) is 13.8 Å². The van der Waals surface area contributed by atoms with Crippen molar-refractivity contribution >= 4 is 0 Å². The molecule has 0 heterocycles. The maximum atomic E-state index is 9.64. The fourth-order valence-corrected chi connectivity index (χ4v) is 1.65. The van der Waals surface area contributed by atoms with Crippen molar-refractivity contribution in [3.63, 3.8) is 0 Å². The second-order valence-corrected chi connectivity index (χ2v) is 4.61. The van der Waals surface area contributed by atoms with E-state index in [9.17, 15) is 5.11 Å². The first-order valence-electron chi connectivity index (χ1n) is 5.98. The van der Waals surface area contributed by atoms with Gasteiger partial charge in [0.05, 0.1) is 12.7 Å². The summed E-state index contributed by atoms with van der Waals surface area (Å²) in [5, 5.41) is 9.64. The van der Waals surface area contributed by atoms with E-state index in [0.29, 0.717) is 19.1 Å². The van der Waals surface area contributed by atoms with Gasteiger partial charge in [0.25, 0.3) is 0 Å². The average molecular weight is 222 g/mol. The van der Waals surface area contributed by atoms with Crippen LogP contribution in [0.1, 0.15) is 32.3 Å². The number of ether oxygens (including phenoxy) is 1. The molecule has 1 aromatic rings. The van der Waals surface area contributed by atoms with Crippen molar-refractivity contribution in [2.24, 2.45) is 5.92 Å². The molecule has 0 aliphatic heterocycles. The molecule has 0 spiro atoms. The summed E-state index contributed by atoms with van der Waals surface area (Å²) in [5.41, 5.74) is 1.18. The zero-order chi connectivity index (χ0) is 11.8. The van der Waals surface area contributed by atoms with E-state index in [1.54, 1.807) is 0 Å². The summed E-state index contributed by atoms with van der Waals surface area (Å²) in [6.45, 7) is 5.50. The summed E-state index contributed by atoms with van der Waals surface area (Å²) < 4.78 is 5.51. The first-order chi connectivity index (χ1) is 7.68. The third-order valence-electron chi connectivity index (χ3n) is 2.45. The summed E-state index contributed by atoms with van der Waals surface area (Å²) in [4.78, 5) is 0. The van der Waals surface area contributed by atoms with Gasteiger partial charge in [-0.05, 0) is 24.3 Å². The minimum atomic E-state index is -0.226. The third kappa shape index (κ3) is 5.89. The molecule has 0 saturated carbocycles. The van der Waals surface area contributed by atoms with E-state index in [4.69, 9.17) is 4.74 Å².